The molecule has 1 aliphatic carbocycles. The van der Waals surface area contributed by atoms with E-state index in [0.29, 0.717) is 9.47 Å². The second-order valence-corrected chi connectivity index (χ2v) is 9.06. The molecule has 1 aliphatic rings. The summed E-state index contributed by atoms with van der Waals surface area (Å²) in [6, 6.07) is 6.06. The van der Waals surface area contributed by atoms with Crippen molar-refractivity contribution < 1.29 is 14.0 Å². The zero-order valence-electron chi connectivity index (χ0n) is 15.3. The number of benzene rings is 1. The molecule has 2 atom stereocenters. The van der Waals surface area contributed by atoms with Crippen LogP contribution in [0.15, 0.2) is 28.6 Å². The highest BCUT2D eigenvalue weighted by atomic mass is 32.2. The molecule has 1 fully saturated rings. The van der Waals surface area contributed by atoms with Crippen molar-refractivity contribution in [3.63, 3.8) is 0 Å². The molecular weight excluding hydrogens is 387 g/mol. The number of rotatable bonds is 7. The molecule has 3 rings (SSSR count). The summed E-state index contributed by atoms with van der Waals surface area (Å²) in [6.07, 6.45) is 1.98. The fourth-order valence-corrected chi connectivity index (χ4v) is 4.71. The maximum atomic E-state index is 13.0. The molecule has 0 radical (unpaired) electrons. The summed E-state index contributed by atoms with van der Waals surface area (Å²) in [5, 5.41) is 11.4. The number of anilines is 1. The fraction of sp³-hybridized carbons (Fsp3) is 0.444. The van der Waals surface area contributed by atoms with Crippen LogP contribution >= 0.6 is 23.1 Å². The lowest BCUT2D eigenvalue weighted by molar-refractivity contribution is -0.121. The molecule has 1 aromatic carbocycles. The summed E-state index contributed by atoms with van der Waals surface area (Å²) in [5.74, 6) is -0.484. The highest BCUT2D eigenvalue weighted by Gasteiger charge is 2.34. The topological polar surface area (TPSA) is 75.2 Å². The van der Waals surface area contributed by atoms with Crippen molar-refractivity contribution in [2.45, 2.75) is 55.3 Å². The molecule has 1 N–H and O–H groups in total. The molecule has 2 amide bonds. The van der Waals surface area contributed by atoms with Crippen LogP contribution < -0.4 is 10.2 Å². The number of hydrogen-bond donors (Lipinski definition) is 1. The minimum Gasteiger partial charge on any atom is -0.349 e. The van der Waals surface area contributed by atoms with E-state index in [4.69, 9.17) is 0 Å². The van der Waals surface area contributed by atoms with Crippen molar-refractivity contribution in [2.75, 3.05) is 4.90 Å². The first kappa shape index (κ1) is 19.8. The molecule has 1 saturated carbocycles. The smallest absolute Gasteiger partial charge is 0.233 e. The first-order valence-corrected chi connectivity index (χ1v) is 10.4. The van der Waals surface area contributed by atoms with Gasteiger partial charge in [0.2, 0.25) is 16.9 Å². The van der Waals surface area contributed by atoms with Crippen molar-refractivity contribution >= 4 is 40.0 Å². The Labute approximate surface area is 165 Å². The second kappa shape index (κ2) is 8.35. The summed E-state index contributed by atoms with van der Waals surface area (Å²) in [7, 11) is 0. The average Bonchev–Trinajstić information content (AvgIpc) is 3.34. The molecule has 2 unspecified atom stereocenters. The molecule has 27 heavy (non-hydrogen) atoms. The van der Waals surface area contributed by atoms with E-state index in [1.54, 1.807) is 24.0 Å². The highest BCUT2D eigenvalue weighted by Crippen LogP contribution is 2.36. The van der Waals surface area contributed by atoms with E-state index in [-0.39, 0.29) is 35.0 Å². The number of carbonyl (C=O) groups is 2. The van der Waals surface area contributed by atoms with Gasteiger partial charge >= 0.3 is 0 Å². The van der Waals surface area contributed by atoms with Crippen LogP contribution in [-0.4, -0.2) is 33.3 Å². The second-order valence-electron chi connectivity index (χ2n) is 6.51. The molecular formula is C18H21FN4O2S2. The number of thioether (sulfide) groups is 1. The van der Waals surface area contributed by atoms with E-state index in [0.717, 1.165) is 18.4 Å². The molecule has 0 saturated heterocycles. The summed E-state index contributed by atoms with van der Waals surface area (Å²) in [5.41, 5.74) is 0.835. The summed E-state index contributed by atoms with van der Waals surface area (Å²) in [6.45, 7) is 5.17. The lowest BCUT2D eigenvalue weighted by Crippen LogP contribution is -2.33. The van der Waals surface area contributed by atoms with E-state index >= 15 is 0 Å². The number of halogens is 1. The highest BCUT2D eigenvalue weighted by molar-refractivity contribution is 8.02. The first-order valence-electron chi connectivity index (χ1n) is 8.71. The molecule has 0 bridgehead atoms. The SMILES string of the molecule is CC(=O)N(c1nnc(SC(C)C(=O)NC(C)c2ccc(F)cc2)s1)C1CC1. The van der Waals surface area contributed by atoms with Crippen LogP contribution in [0, 0.1) is 5.82 Å². The molecule has 9 heteroatoms. The van der Waals surface area contributed by atoms with Gasteiger partial charge in [-0.2, -0.15) is 0 Å². The van der Waals surface area contributed by atoms with E-state index in [2.05, 4.69) is 15.5 Å². The zero-order valence-corrected chi connectivity index (χ0v) is 16.9. The van der Waals surface area contributed by atoms with Gasteiger partial charge in [0, 0.05) is 13.0 Å². The van der Waals surface area contributed by atoms with Crippen LogP contribution in [-0.2, 0) is 9.59 Å². The Morgan fingerprint density at radius 3 is 2.52 bits per heavy atom. The van der Waals surface area contributed by atoms with Gasteiger partial charge in [-0.1, -0.05) is 35.2 Å². The molecule has 1 aromatic heterocycles. The summed E-state index contributed by atoms with van der Waals surface area (Å²) >= 11 is 2.63. The van der Waals surface area contributed by atoms with Crippen molar-refractivity contribution in [3.05, 3.63) is 35.6 Å². The molecule has 2 aromatic rings. The van der Waals surface area contributed by atoms with Crippen LogP contribution in [0.1, 0.15) is 45.2 Å². The predicted molar refractivity (Wildman–Crippen MR) is 104 cm³/mol. The van der Waals surface area contributed by atoms with Crippen LogP contribution in [0.25, 0.3) is 0 Å². The standard InChI is InChI=1S/C18H21FN4O2S2/c1-10(13-4-6-14(19)7-5-13)20-16(25)11(2)26-18-22-21-17(27-18)23(12(3)24)15-8-9-15/h4-7,10-11,15H,8-9H2,1-3H3,(H,20,25). The van der Waals surface area contributed by atoms with Crippen LogP contribution in [0.2, 0.25) is 0 Å². The van der Waals surface area contributed by atoms with Crippen molar-refractivity contribution in [1.29, 1.82) is 0 Å². The summed E-state index contributed by atoms with van der Waals surface area (Å²) < 4.78 is 13.7. The Morgan fingerprint density at radius 1 is 1.26 bits per heavy atom. The number of nitrogens with zero attached hydrogens (tertiary/aromatic N) is 3. The minimum atomic E-state index is -0.375. The number of hydrogen-bond acceptors (Lipinski definition) is 6. The summed E-state index contributed by atoms with van der Waals surface area (Å²) in [4.78, 5) is 25.9. The van der Waals surface area contributed by atoms with Gasteiger partial charge in [0.05, 0.1) is 11.3 Å². The van der Waals surface area contributed by atoms with Gasteiger partial charge in [-0.25, -0.2) is 4.39 Å². The predicted octanol–water partition coefficient (Wildman–Crippen LogP) is 3.55. The number of nitrogens with one attached hydrogen (secondary N) is 1. The first-order chi connectivity index (χ1) is 12.8. The molecule has 1 heterocycles. The lowest BCUT2D eigenvalue weighted by atomic mass is 10.1. The van der Waals surface area contributed by atoms with Crippen molar-refractivity contribution in [2.24, 2.45) is 0 Å². The zero-order chi connectivity index (χ0) is 19.6. The lowest BCUT2D eigenvalue weighted by Gasteiger charge is -2.17. The largest absolute Gasteiger partial charge is 0.349 e. The molecule has 0 spiro atoms. The maximum Gasteiger partial charge on any atom is 0.233 e. The third kappa shape index (κ3) is 5.04. The van der Waals surface area contributed by atoms with Gasteiger partial charge < -0.3 is 5.32 Å². The Morgan fingerprint density at radius 2 is 1.93 bits per heavy atom. The van der Waals surface area contributed by atoms with Gasteiger partial charge in [-0.05, 0) is 44.4 Å². The fourth-order valence-electron chi connectivity index (χ4n) is 2.60. The average molecular weight is 409 g/mol. The van der Waals surface area contributed by atoms with Gasteiger partial charge in [0.25, 0.3) is 0 Å². The van der Waals surface area contributed by atoms with Gasteiger partial charge in [-0.3, -0.25) is 14.5 Å². The third-order valence-electron chi connectivity index (χ3n) is 4.23. The number of carbonyl (C=O) groups excluding carboxylic acids is 2. The Hall–Kier alpha value is -2.00. The van der Waals surface area contributed by atoms with Gasteiger partial charge in [-0.15, -0.1) is 10.2 Å². The third-order valence-corrected chi connectivity index (χ3v) is 6.34. The Balaban J connectivity index is 1.58. The van der Waals surface area contributed by atoms with Crippen molar-refractivity contribution in [1.82, 2.24) is 15.5 Å². The van der Waals surface area contributed by atoms with E-state index in [1.165, 1.54) is 42.2 Å². The van der Waals surface area contributed by atoms with E-state index in [1.807, 2.05) is 6.92 Å². The molecule has 6 nitrogen and oxygen atoms in total. The monoisotopic (exact) mass is 408 g/mol. The normalized spacial score (nSPS) is 15.9. The Bertz CT molecular complexity index is 823. The van der Waals surface area contributed by atoms with Gasteiger partial charge in [0.15, 0.2) is 4.34 Å². The van der Waals surface area contributed by atoms with Gasteiger partial charge in [0.1, 0.15) is 5.82 Å². The number of aromatic nitrogens is 2. The molecule has 0 aliphatic heterocycles. The Kier molecular flexibility index (Phi) is 6.11. The quantitative estimate of drug-likeness (QED) is 0.560. The molecule has 144 valence electrons. The van der Waals surface area contributed by atoms with Crippen molar-refractivity contribution in [3.8, 4) is 0 Å². The number of amides is 2. The van der Waals surface area contributed by atoms with E-state index in [9.17, 15) is 14.0 Å². The van der Waals surface area contributed by atoms with Crippen LogP contribution in [0.5, 0.6) is 0 Å². The minimum absolute atomic E-state index is 0.0379. The van der Waals surface area contributed by atoms with E-state index < -0.39 is 0 Å². The van der Waals surface area contributed by atoms with Crippen LogP contribution in [0.4, 0.5) is 9.52 Å². The maximum absolute atomic E-state index is 13.0. The van der Waals surface area contributed by atoms with Crippen LogP contribution in [0.3, 0.4) is 0 Å².